The molecule has 0 amide bonds. The topological polar surface area (TPSA) is 21.7 Å². The Hall–Kier alpha value is -0.680. The van der Waals surface area contributed by atoms with Crippen LogP contribution in [0, 0.1) is 5.82 Å². The molecule has 104 valence electrons. The second-order valence-corrected chi connectivity index (χ2v) is 5.50. The van der Waals surface area contributed by atoms with E-state index in [0.29, 0.717) is 25.3 Å². The van der Waals surface area contributed by atoms with E-state index < -0.39 is 0 Å². The van der Waals surface area contributed by atoms with Crippen LogP contribution in [-0.2, 0) is 16.0 Å². The standard InChI is InChI=1S/C14H17ClFNO2/c15-12-3-1-2-11(13(12)16)10-17-6-4-14(5-7-17)18-8-9-19-14/h1-3H,4-10H2. The number of piperidine rings is 1. The van der Waals surface area contributed by atoms with E-state index in [1.54, 1.807) is 18.2 Å². The summed E-state index contributed by atoms with van der Waals surface area (Å²) >= 11 is 5.80. The third-order valence-corrected chi connectivity index (χ3v) is 4.15. The minimum Gasteiger partial charge on any atom is -0.347 e. The van der Waals surface area contributed by atoms with Crippen molar-refractivity contribution < 1.29 is 13.9 Å². The van der Waals surface area contributed by atoms with Crippen molar-refractivity contribution in [2.45, 2.75) is 25.2 Å². The number of benzene rings is 1. The fourth-order valence-electron chi connectivity index (χ4n) is 2.75. The van der Waals surface area contributed by atoms with Gasteiger partial charge in [0.2, 0.25) is 0 Å². The van der Waals surface area contributed by atoms with E-state index in [-0.39, 0.29) is 16.6 Å². The van der Waals surface area contributed by atoms with Gasteiger partial charge >= 0.3 is 0 Å². The summed E-state index contributed by atoms with van der Waals surface area (Å²) in [4.78, 5) is 2.21. The number of halogens is 2. The van der Waals surface area contributed by atoms with Gasteiger partial charge in [-0.1, -0.05) is 23.7 Å². The monoisotopic (exact) mass is 285 g/mol. The first kappa shape index (κ1) is 13.3. The van der Waals surface area contributed by atoms with E-state index in [1.807, 2.05) is 0 Å². The summed E-state index contributed by atoms with van der Waals surface area (Å²) < 4.78 is 25.2. The molecule has 2 fully saturated rings. The number of hydrogen-bond acceptors (Lipinski definition) is 3. The van der Waals surface area contributed by atoms with Crippen LogP contribution in [0.1, 0.15) is 18.4 Å². The highest BCUT2D eigenvalue weighted by molar-refractivity contribution is 6.30. The second-order valence-electron chi connectivity index (χ2n) is 5.10. The van der Waals surface area contributed by atoms with Crippen molar-refractivity contribution in [1.82, 2.24) is 4.90 Å². The number of ether oxygens (including phenoxy) is 2. The highest BCUT2D eigenvalue weighted by atomic mass is 35.5. The third kappa shape index (κ3) is 2.77. The molecule has 2 aliphatic rings. The molecule has 1 aromatic rings. The number of rotatable bonds is 2. The predicted octanol–water partition coefficient (Wildman–Crippen LogP) is 2.82. The Bertz CT molecular complexity index is 453. The van der Waals surface area contributed by atoms with Crippen molar-refractivity contribution in [2.75, 3.05) is 26.3 Å². The van der Waals surface area contributed by atoms with Crippen molar-refractivity contribution in [3.05, 3.63) is 34.6 Å². The van der Waals surface area contributed by atoms with Crippen molar-refractivity contribution in [3.63, 3.8) is 0 Å². The molecule has 2 saturated heterocycles. The Kier molecular flexibility index (Phi) is 3.76. The Labute approximate surface area is 117 Å². The second kappa shape index (κ2) is 5.37. The Morgan fingerprint density at radius 3 is 2.58 bits per heavy atom. The lowest BCUT2D eigenvalue weighted by Gasteiger charge is -2.37. The van der Waals surface area contributed by atoms with Crippen molar-refractivity contribution in [3.8, 4) is 0 Å². The molecule has 0 saturated carbocycles. The zero-order valence-electron chi connectivity index (χ0n) is 10.7. The molecule has 3 nitrogen and oxygen atoms in total. The van der Waals surface area contributed by atoms with Crippen LogP contribution in [0.25, 0.3) is 0 Å². The number of likely N-dealkylation sites (tertiary alicyclic amines) is 1. The van der Waals surface area contributed by atoms with Gasteiger partial charge in [-0.3, -0.25) is 4.90 Å². The average molecular weight is 286 g/mol. The van der Waals surface area contributed by atoms with Crippen molar-refractivity contribution in [1.29, 1.82) is 0 Å². The largest absolute Gasteiger partial charge is 0.347 e. The van der Waals surface area contributed by atoms with Crippen LogP contribution in [0.5, 0.6) is 0 Å². The summed E-state index contributed by atoms with van der Waals surface area (Å²) in [6.07, 6.45) is 1.68. The van der Waals surface area contributed by atoms with Gasteiger partial charge in [-0.25, -0.2) is 4.39 Å². The van der Waals surface area contributed by atoms with E-state index in [9.17, 15) is 4.39 Å². The fourth-order valence-corrected chi connectivity index (χ4v) is 2.94. The Balaban J connectivity index is 1.61. The van der Waals surface area contributed by atoms with Gasteiger partial charge in [0.25, 0.3) is 0 Å². The molecule has 0 atom stereocenters. The zero-order valence-corrected chi connectivity index (χ0v) is 11.5. The molecule has 0 N–H and O–H groups in total. The molecular weight excluding hydrogens is 269 g/mol. The van der Waals surface area contributed by atoms with Crippen molar-refractivity contribution >= 4 is 11.6 Å². The Morgan fingerprint density at radius 1 is 1.21 bits per heavy atom. The van der Waals surface area contributed by atoms with E-state index in [1.165, 1.54) is 0 Å². The molecule has 19 heavy (non-hydrogen) atoms. The summed E-state index contributed by atoms with van der Waals surface area (Å²) in [7, 11) is 0. The molecule has 0 radical (unpaired) electrons. The molecule has 0 aromatic heterocycles. The van der Waals surface area contributed by atoms with Crippen LogP contribution < -0.4 is 0 Å². The molecule has 5 heteroatoms. The first-order valence-electron chi connectivity index (χ1n) is 6.62. The molecule has 0 aliphatic carbocycles. The van der Waals surface area contributed by atoms with Crippen LogP contribution in [0.15, 0.2) is 18.2 Å². The lowest BCUT2D eigenvalue weighted by atomic mass is 10.0. The molecule has 0 bridgehead atoms. The first-order chi connectivity index (χ1) is 9.19. The first-order valence-corrected chi connectivity index (χ1v) is 6.99. The van der Waals surface area contributed by atoms with E-state index >= 15 is 0 Å². The summed E-state index contributed by atoms with van der Waals surface area (Å²) in [5.74, 6) is -0.679. The zero-order chi connectivity index (χ0) is 13.3. The molecule has 2 heterocycles. The van der Waals surface area contributed by atoms with Gasteiger partial charge in [-0.15, -0.1) is 0 Å². The van der Waals surface area contributed by atoms with Gasteiger partial charge in [0.1, 0.15) is 5.82 Å². The molecule has 1 spiro atoms. The maximum absolute atomic E-state index is 13.8. The minimum atomic E-state index is -0.372. The maximum Gasteiger partial charge on any atom is 0.170 e. The van der Waals surface area contributed by atoms with Crippen LogP contribution in [0.4, 0.5) is 4.39 Å². The van der Waals surface area contributed by atoms with Gasteiger partial charge in [0.05, 0.1) is 18.2 Å². The summed E-state index contributed by atoms with van der Waals surface area (Å²) in [5.41, 5.74) is 0.650. The SMILES string of the molecule is Fc1c(Cl)cccc1CN1CCC2(CC1)OCCO2. The summed E-state index contributed by atoms with van der Waals surface area (Å²) in [6.45, 7) is 3.66. The normalized spacial score (nSPS) is 23.1. The van der Waals surface area contributed by atoms with Gasteiger partial charge < -0.3 is 9.47 Å². The quantitative estimate of drug-likeness (QED) is 0.834. The highest BCUT2D eigenvalue weighted by Crippen LogP contribution is 2.32. The van der Waals surface area contributed by atoms with Crippen LogP contribution >= 0.6 is 11.6 Å². The molecule has 1 aromatic carbocycles. The van der Waals surface area contributed by atoms with Crippen molar-refractivity contribution in [2.24, 2.45) is 0 Å². The molecule has 0 unspecified atom stereocenters. The summed E-state index contributed by atoms with van der Waals surface area (Å²) in [5, 5.41) is 0.188. The predicted molar refractivity (Wildman–Crippen MR) is 70.6 cm³/mol. The lowest BCUT2D eigenvalue weighted by Crippen LogP contribution is -2.44. The third-order valence-electron chi connectivity index (χ3n) is 3.86. The maximum atomic E-state index is 13.8. The molecule has 2 aliphatic heterocycles. The number of nitrogens with zero attached hydrogens (tertiary/aromatic N) is 1. The van der Waals surface area contributed by atoms with Gasteiger partial charge in [0.15, 0.2) is 5.79 Å². The highest BCUT2D eigenvalue weighted by Gasteiger charge is 2.39. The van der Waals surface area contributed by atoms with E-state index in [4.69, 9.17) is 21.1 Å². The van der Waals surface area contributed by atoms with E-state index in [2.05, 4.69) is 4.90 Å². The lowest BCUT2D eigenvalue weighted by molar-refractivity contribution is -0.185. The Morgan fingerprint density at radius 2 is 1.89 bits per heavy atom. The molecule has 3 rings (SSSR count). The van der Waals surface area contributed by atoms with Gasteiger partial charge in [0, 0.05) is 38.0 Å². The fraction of sp³-hybridized carbons (Fsp3) is 0.571. The average Bonchev–Trinajstić information content (AvgIpc) is 2.86. The van der Waals surface area contributed by atoms with E-state index in [0.717, 1.165) is 25.9 Å². The minimum absolute atomic E-state index is 0.188. The summed E-state index contributed by atoms with van der Waals surface area (Å²) in [6, 6.07) is 5.15. The molecular formula is C14H17ClFNO2. The van der Waals surface area contributed by atoms with Crippen LogP contribution in [-0.4, -0.2) is 37.0 Å². The van der Waals surface area contributed by atoms with Gasteiger partial charge in [-0.2, -0.15) is 0 Å². The van der Waals surface area contributed by atoms with Crippen LogP contribution in [0.2, 0.25) is 5.02 Å². The smallest absolute Gasteiger partial charge is 0.170 e. The van der Waals surface area contributed by atoms with Gasteiger partial charge in [-0.05, 0) is 6.07 Å². The number of hydrogen-bond donors (Lipinski definition) is 0. The van der Waals surface area contributed by atoms with Crippen LogP contribution in [0.3, 0.4) is 0 Å².